The first-order chi connectivity index (χ1) is 14.8. The third-order valence-electron chi connectivity index (χ3n) is 5.55. The van der Waals surface area contributed by atoms with Gasteiger partial charge in [-0.15, -0.1) is 0 Å². The molecule has 0 aliphatic heterocycles. The first-order valence-electron chi connectivity index (χ1n) is 10.6. The monoisotopic (exact) mass is 506 g/mol. The Morgan fingerprint density at radius 2 is 1.97 bits per heavy atom. The number of nitrogens with one attached hydrogen (secondary N) is 1. The molecule has 0 heterocycles. The Kier molecular flexibility index (Phi) is 8.38. The van der Waals surface area contributed by atoms with Crippen LogP contribution in [-0.4, -0.2) is 35.4 Å². The summed E-state index contributed by atoms with van der Waals surface area (Å²) in [5, 5.41) is 3.68. The van der Waals surface area contributed by atoms with Crippen molar-refractivity contribution >= 4 is 39.3 Å². The van der Waals surface area contributed by atoms with Crippen LogP contribution in [0.5, 0.6) is 5.75 Å². The number of aryl methyl sites for hydroxylation is 1. The third-order valence-corrected chi connectivity index (χ3v) is 6.40. The molecule has 7 heteroatoms. The van der Waals surface area contributed by atoms with Crippen LogP contribution in [-0.2, 0) is 16.1 Å². The van der Waals surface area contributed by atoms with E-state index in [4.69, 9.17) is 16.3 Å². The Morgan fingerprint density at radius 3 is 2.65 bits per heavy atom. The largest absolute Gasteiger partial charge is 0.483 e. The molecule has 166 valence electrons. The van der Waals surface area contributed by atoms with Crippen molar-refractivity contribution in [1.29, 1.82) is 0 Å². The van der Waals surface area contributed by atoms with Crippen LogP contribution in [0.2, 0.25) is 5.02 Å². The summed E-state index contributed by atoms with van der Waals surface area (Å²) >= 11 is 9.37. The molecule has 2 amide bonds. The fraction of sp³-hybridized carbons (Fsp3) is 0.417. The highest BCUT2D eigenvalue weighted by Crippen LogP contribution is 2.28. The van der Waals surface area contributed by atoms with Crippen molar-refractivity contribution in [3.63, 3.8) is 0 Å². The van der Waals surface area contributed by atoms with Gasteiger partial charge in [0, 0.05) is 17.6 Å². The van der Waals surface area contributed by atoms with Crippen LogP contribution in [0.3, 0.4) is 0 Å². The molecule has 1 atom stereocenters. The first-order valence-corrected chi connectivity index (χ1v) is 11.7. The average Bonchev–Trinajstić information content (AvgIpc) is 3.23. The number of halogens is 2. The lowest BCUT2D eigenvalue weighted by atomic mass is 10.1. The number of rotatable bonds is 8. The molecular formula is C24H28BrClN2O3. The van der Waals surface area contributed by atoms with Crippen LogP contribution in [0.4, 0.5) is 0 Å². The first kappa shape index (κ1) is 23.6. The lowest BCUT2D eigenvalue weighted by molar-refractivity contribution is -0.142. The average molecular weight is 508 g/mol. The molecule has 0 radical (unpaired) electrons. The van der Waals surface area contributed by atoms with Gasteiger partial charge < -0.3 is 15.0 Å². The standard InChI is InChI=1S/C24H28BrClN2O3/c1-16-6-5-7-18(12-16)14-28(17(2)24(30)27-20-8-3-4-9-20)23(29)15-31-22-11-10-19(26)13-21(22)25/h5-7,10-13,17,20H,3-4,8-9,14-15H2,1-2H3,(H,27,30). The summed E-state index contributed by atoms with van der Waals surface area (Å²) in [6.45, 7) is 3.95. The normalized spacial score (nSPS) is 14.8. The number of ether oxygens (including phenoxy) is 1. The van der Waals surface area contributed by atoms with E-state index in [0.29, 0.717) is 21.8 Å². The molecule has 1 N–H and O–H groups in total. The van der Waals surface area contributed by atoms with E-state index in [2.05, 4.69) is 21.2 Å². The molecule has 2 aromatic carbocycles. The summed E-state index contributed by atoms with van der Waals surface area (Å²) in [4.78, 5) is 27.6. The van der Waals surface area contributed by atoms with E-state index in [1.54, 1.807) is 30.0 Å². The van der Waals surface area contributed by atoms with Crippen molar-refractivity contribution < 1.29 is 14.3 Å². The van der Waals surface area contributed by atoms with Gasteiger partial charge >= 0.3 is 0 Å². The Morgan fingerprint density at radius 1 is 1.23 bits per heavy atom. The summed E-state index contributed by atoms with van der Waals surface area (Å²) in [6.07, 6.45) is 4.26. The molecule has 31 heavy (non-hydrogen) atoms. The van der Waals surface area contributed by atoms with Gasteiger partial charge in [-0.3, -0.25) is 9.59 Å². The molecule has 1 unspecified atom stereocenters. The van der Waals surface area contributed by atoms with Crippen molar-refractivity contribution in [1.82, 2.24) is 10.2 Å². The van der Waals surface area contributed by atoms with Crippen LogP contribution in [0.15, 0.2) is 46.9 Å². The number of carbonyl (C=O) groups excluding carboxylic acids is 2. The van der Waals surface area contributed by atoms with Gasteiger partial charge in [0.2, 0.25) is 5.91 Å². The van der Waals surface area contributed by atoms with Gasteiger partial charge in [0.15, 0.2) is 6.61 Å². The number of hydrogen-bond donors (Lipinski definition) is 1. The summed E-state index contributed by atoms with van der Waals surface area (Å²) in [5.74, 6) is 0.148. The lowest BCUT2D eigenvalue weighted by Gasteiger charge is -2.29. The molecule has 1 fully saturated rings. The fourth-order valence-corrected chi connectivity index (χ4v) is 4.59. The molecule has 0 spiro atoms. The Balaban J connectivity index is 1.73. The van der Waals surface area contributed by atoms with Crippen LogP contribution >= 0.6 is 27.5 Å². The summed E-state index contributed by atoms with van der Waals surface area (Å²) in [7, 11) is 0. The van der Waals surface area contributed by atoms with Crippen LogP contribution in [0, 0.1) is 6.92 Å². The van der Waals surface area contributed by atoms with Crippen LogP contribution in [0.25, 0.3) is 0 Å². The Hall–Kier alpha value is -2.05. The maximum atomic E-state index is 13.1. The number of nitrogens with zero attached hydrogens (tertiary/aromatic N) is 1. The van der Waals surface area contributed by atoms with Crippen molar-refractivity contribution in [3.05, 3.63) is 63.1 Å². The highest BCUT2D eigenvalue weighted by Gasteiger charge is 2.28. The fourth-order valence-electron chi connectivity index (χ4n) is 3.80. The molecule has 1 aliphatic rings. The van der Waals surface area contributed by atoms with Gasteiger partial charge in [0.1, 0.15) is 11.8 Å². The molecule has 1 saturated carbocycles. The summed E-state index contributed by atoms with van der Waals surface area (Å²) in [5.41, 5.74) is 2.08. The second-order valence-electron chi connectivity index (χ2n) is 8.04. The van der Waals surface area contributed by atoms with E-state index < -0.39 is 6.04 Å². The molecule has 1 aliphatic carbocycles. The molecule has 0 bridgehead atoms. The van der Waals surface area contributed by atoms with E-state index in [1.165, 1.54) is 0 Å². The van der Waals surface area contributed by atoms with Gasteiger partial charge in [-0.05, 0) is 66.4 Å². The van der Waals surface area contributed by atoms with E-state index in [0.717, 1.165) is 36.8 Å². The van der Waals surface area contributed by atoms with Gasteiger partial charge in [0.25, 0.3) is 5.91 Å². The smallest absolute Gasteiger partial charge is 0.261 e. The van der Waals surface area contributed by atoms with Crippen molar-refractivity contribution in [2.45, 2.75) is 58.2 Å². The third kappa shape index (κ3) is 6.71. The predicted octanol–water partition coefficient (Wildman–Crippen LogP) is 5.27. The zero-order valence-corrected chi connectivity index (χ0v) is 20.2. The Labute approximate surface area is 197 Å². The van der Waals surface area contributed by atoms with Crippen LogP contribution < -0.4 is 10.1 Å². The van der Waals surface area contributed by atoms with E-state index >= 15 is 0 Å². The van der Waals surface area contributed by atoms with E-state index in [9.17, 15) is 9.59 Å². The highest BCUT2D eigenvalue weighted by atomic mass is 79.9. The van der Waals surface area contributed by atoms with E-state index in [-0.39, 0.29) is 24.5 Å². The van der Waals surface area contributed by atoms with Crippen molar-refractivity contribution in [3.8, 4) is 5.75 Å². The van der Waals surface area contributed by atoms with Gasteiger partial charge in [-0.25, -0.2) is 0 Å². The van der Waals surface area contributed by atoms with Gasteiger partial charge in [-0.2, -0.15) is 0 Å². The predicted molar refractivity (Wildman–Crippen MR) is 126 cm³/mol. The van der Waals surface area contributed by atoms with Gasteiger partial charge in [-0.1, -0.05) is 54.3 Å². The van der Waals surface area contributed by atoms with Crippen LogP contribution in [0.1, 0.15) is 43.7 Å². The molecule has 0 aromatic heterocycles. The number of carbonyl (C=O) groups is 2. The van der Waals surface area contributed by atoms with E-state index in [1.807, 2.05) is 31.2 Å². The van der Waals surface area contributed by atoms with Crippen molar-refractivity contribution in [2.75, 3.05) is 6.61 Å². The van der Waals surface area contributed by atoms with Gasteiger partial charge in [0.05, 0.1) is 4.47 Å². The highest BCUT2D eigenvalue weighted by molar-refractivity contribution is 9.10. The van der Waals surface area contributed by atoms with Crippen molar-refractivity contribution in [2.24, 2.45) is 0 Å². The molecule has 3 rings (SSSR count). The maximum Gasteiger partial charge on any atom is 0.261 e. The quantitative estimate of drug-likeness (QED) is 0.530. The minimum Gasteiger partial charge on any atom is -0.483 e. The number of benzene rings is 2. The SMILES string of the molecule is Cc1cccc(CN(C(=O)COc2ccc(Cl)cc2Br)C(C)C(=O)NC2CCCC2)c1. The topological polar surface area (TPSA) is 58.6 Å². The molecule has 2 aromatic rings. The zero-order valence-electron chi connectivity index (χ0n) is 17.9. The number of amides is 2. The lowest BCUT2D eigenvalue weighted by Crippen LogP contribution is -2.50. The molecule has 5 nitrogen and oxygen atoms in total. The minimum absolute atomic E-state index is 0.124. The summed E-state index contributed by atoms with van der Waals surface area (Å²) in [6, 6.07) is 12.7. The molecule has 0 saturated heterocycles. The second kappa shape index (κ2) is 11.0. The Bertz CT molecular complexity index is 931. The molecular weight excluding hydrogens is 480 g/mol. The second-order valence-corrected chi connectivity index (χ2v) is 9.33. The zero-order chi connectivity index (χ0) is 22.4. The minimum atomic E-state index is -0.606. The maximum absolute atomic E-state index is 13.1. The summed E-state index contributed by atoms with van der Waals surface area (Å²) < 4.78 is 6.40. The number of hydrogen-bond acceptors (Lipinski definition) is 3.